The summed E-state index contributed by atoms with van der Waals surface area (Å²) in [6.45, 7) is 2.87. The quantitative estimate of drug-likeness (QED) is 0.302. The maximum Gasteiger partial charge on any atom is 0.460 e. The predicted octanol–water partition coefficient (Wildman–Crippen LogP) is 6.59. The number of rotatable bonds is 10. The molecule has 2 nitrogen and oxygen atoms in total. The van der Waals surface area contributed by atoms with Crippen molar-refractivity contribution in [3.63, 3.8) is 0 Å². The monoisotopic (exact) mass is 440 g/mol. The highest BCUT2D eigenvalue weighted by atomic mass is 19.4. The molecule has 0 aromatic heterocycles. The van der Waals surface area contributed by atoms with Crippen LogP contribution in [0.1, 0.15) is 38.7 Å². The molecule has 29 heavy (non-hydrogen) atoms. The number of methoxy groups -OCH3 is 1. The summed E-state index contributed by atoms with van der Waals surface area (Å²) in [7, 11) is 0.846. The molecule has 168 valence electrons. The van der Waals surface area contributed by atoms with E-state index in [0.29, 0.717) is 6.42 Å². The lowest BCUT2D eigenvalue weighted by Gasteiger charge is -2.39. The molecular formula is C18H21F9O2. The van der Waals surface area contributed by atoms with E-state index in [2.05, 4.69) is 0 Å². The molecule has 0 saturated heterocycles. The number of alkyl halides is 9. The summed E-state index contributed by atoms with van der Waals surface area (Å²) in [5.41, 5.74) is -2.54. The number of halogens is 9. The summed E-state index contributed by atoms with van der Waals surface area (Å²) in [6, 6.07) is 5.29. The van der Waals surface area contributed by atoms with E-state index in [4.69, 9.17) is 9.47 Å². The predicted molar refractivity (Wildman–Crippen MR) is 86.7 cm³/mol. The van der Waals surface area contributed by atoms with Gasteiger partial charge in [-0.05, 0) is 19.4 Å². The fourth-order valence-electron chi connectivity index (χ4n) is 2.58. The van der Waals surface area contributed by atoms with Crippen molar-refractivity contribution in [2.75, 3.05) is 13.7 Å². The van der Waals surface area contributed by atoms with Crippen LogP contribution >= 0.6 is 0 Å². The Balaban J connectivity index is 3.34. The molecule has 0 radical (unpaired) electrons. The van der Waals surface area contributed by atoms with Gasteiger partial charge in [-0.2, -0.15) is 39.5 Å². The van der Waals surface area contributed by atoms with Crippen LogP contribution in [0.5, 0.6) is 5.75 Å². The van der Waals surface area contributed by atoms with Crippen LogP contribution in [-0.4, -0.2) is 37.7 Å². The maximum atomic E-state index is 14.2. The fraction of sp³-hybridized carbons (Fsp3) is 0.667. The molecule has 0 N–H and O–H groups in total. The minimum absolute atomic E-state index is 0.0352. The van der Waals surface area contributed by atoms with Gasteiger partial charge in [0.05, 0.1) is 18.6 Å². The molecule has 0 aliphatic heterocycles. The Hall–Kier alpha value is -1.65. The van der Waals surface area contributed by atoms with E-state index in [1.807, 2.05) is 6.92 Å². The van der Waals surface area contributed by atoms with Crippen LogP contribution in [0.3, 0.4) is 0 Å². The second-order valence-electron chi connectivity index (χ2n) is 6.66. The SMILES string of the molecule is CCCCOc1ccccc1C(C)(CC(F)(F)C(F)(F)C(F)(F)C(F)(F)F)OC. The van der Waals surface area contributed by atoms with E-state index < -0.39 is 36.0 Å². The van der Waals surface area contributed by atoms with E-state index in [9.17, 15) is 39.5 Å². The largest absolute Gasteiger partial charge is 0.493 e. The third-order valence-electron chi connectivity index (χ3n) is 4.43. The molecule has 1 atom stereocenters. The Morgan fingerprint density at radius 1 is 0.862 bits per heavy atom. The molecule has 0 aliphatic carbocycles. The first-order chi connectivity index (χ1) is 13.1. The van der Waals surface area contributed by atoms with Crippen LogP contribution in [0.25, 0.3) is 0 Å². The molecule has 0 fully saturated rings. The van der Waals surface area contributed by atoms with Crippen LogP contribution in [0.2, 0.25) is 0 Å². The van der Waals surface area contributed by atoms with Gasteiger partial charge in [-0.15, -0.1) is 0 Å². The Bertz CT molecular complexity index is 674. The maximum absolute atomic E-state index is 14.2. The van der Waals surface area contributed by atoms with Crippen molar-refractivity contribution in [2.45, 2.75) is 62.7 Å². The molecule has 0 bridgehead atoms. The second-order valence-corrected chi connectivity index (χ2v) is 6.66. The highest BCUT2D eigenvalue weighted by molar-refractivity contribution is 5.38. The third-order valence-corrected chi connectivity index (χ3v) is 4.43. The lowest BCUT2D eigenvalue weighted by atomic mass is 9.85. The smallest absolute Gasteiger partial charge is 0.460 e. The molecule has 0 saturated carbocycles. The van der Waals surface area contributed by atoms with Gasteiger partial charge in [0.15, 0.2) is 0 Å². The van der Waals surface area contributed by atoms with Gasteiger partial charge in [0.1, 0.15) is 5.75 Å². The molecule has 1 rings (SSSR count). The zero-order valence-corrected chi connectivity index (χ0v) is 15.9. The summed E-state index contributed by atoms with van der Waals surface area (Å²) in [4.78, 5) is 0. The van der Waals surface area contributed by atoms with Crippen molar-refractivity contribution in [1.82, 2.24) is 0 Å². The first-order valence-electron chi connectivity index (χ1n) is 8.55. The minimum atomic E-state index is -6.95. The standard InChI is InChI=1S/C18H21F9O2/c1-4-5-10-29-13-9-7-6-8-12(13)14(2,28-3)11-15(19,20)16(21,22)17(23,24)18(25,26)27/h6-9H,4-5,10-11H2,1-3H3. The molecule has 1 aromatic rings. The van der Waals surface area contributed by atoms with E-state index in [1.165, 1.54) is 24.3 Å². The van der Waals surface area contributed by atoms with Crippen molar-refractivity contribution >= 4 is 0 Å². The van der Waals surface area contributed by atoms with Crippen LogP contribution in [0.4, 0.5) is 39.5 Å². The number of benzene rings is 1. The number of unbranched alkanes of at least 4 members (excludes halogenated alkanes) is 1. The van der Waals surface area contributed by atoms with Crippen molar-refractivity contribution in [2.24, 2.45) is 0 Å². The minimum Gasteiger partial charge on any atom is -0.493 e. The van der Waals surface area contributed by atoms with Crippen molar-refractivity contribution in [3.8, 4) is 5.75 Å². The lowest BCUT2D eigenvalue weighted by molar-refractivity contribution is -0.400. The van der Waals surface area contributed by atoms with Gasteiger partial charge >= 0.3 is 23.9 Å². The number of ether oxygens (including phenoxy) is 2. The highest BCUT2D eigenvalue weighted by Gasteiger charge is 2.82. The van der Waals surface area contributed by atoms with Gasteiger partial charge in [-0.25, -0.2) is 0 Å². The second kappa shape index (κ2) is 8.61. The summed E-state index contributed by atoms with van der Waals surface area (Å²) in [5.74, 6) is -19.5. The lowest BCUT2D eigenvalue weighted by Crippen LogP contribution is -2.62. The normalized spacial score (nSPS) is 15.9. The van der Waals surface area contributed by atoms with E-state index >= 15 is 0 Å². The van der Waals surface area contributed by atoms with Gasteiger partial charge in [0.25, 0.3) is 0 Å². The molecule has 0 amide bonds. The fourth-order valence-corrected chi connectivity index (χ4v) is 2.58. The molecule has 0 spiro atoms. The van der Waals surface area contributed by atoms with E-state index in [1.54, 1.807) is 0 Å². The summed E-state index contributed by atoms with van der Waals surface area (Å²) < 4.78 is 129. The molecular weight excluding hydrogens is 419 g/mol. The molecule has 1 unspecified atom stereocenters. The molecule has 0 heterocycles. The Labute approximate surface area is 162 Å². The average molecular weight is 440 g/mol. The number of hydrogen-bond acceptors (Lipinski definition) is 2. The average Bonchev–Trinajstić information content (AvgIpc) is 2.60. The molecule has 11 heteroatoms. The number of para-hydroxylation sites is 1. The highest BCUT2D eigenvalue weighted by Crippen LogP contribution is 2.56. The van der Waals surface area contributed by atoms with Crippen molar-refractivity contribution in [1.29, 1.82) is 0 Å². The van der Waals surface area contributed by atoms with Gasteiger partial charge in [0.2, 0.25) is 0 Å². The summed E-state index contributed by atoms with van der Waals surface area (Å²) >= 11 is 0. The van der Waals surface area contributed by atoms with E-state index in [0.717, 1.165) is 20.5 Å². The van der Waals surface area contributed by atoms with Crippen molar-refractivity contribution in [3.05, 3.63) is 29.8 Å². The van der Waals surface area contributed by atoms with Crippen LogP contribution in [-0.2, 0) is 10.3 Å². The first-order valence-corrected chi connectivity index (χ1v) is 8.55. The number of hydrogen-bond donors (Lipinski definition) is 0. The van der Waals surface area contributed by atoms with Gasteiger partial charge in [0, 0.05) is 12.7 Å². The zero-order chi connectivity index (χ0) is 22.7. The Morgan fingerprint density at radius 2 is 1.41 bits per heavy atom. The van der Waals surface area contributed by atoms with Crippen molar-refractivity contribution < 1.29 is 49.0 Å². The van der Waals surface area contributed by atoms with Crippen LogP contribution < -0.4 is 4.74 Å². The van der Waals surface area contributed by atoms with Crippen LogP contribution in [0.15, 0.2) is 24.3 Å². The Kier molecular flexibility index (Phi) is 7.54. The molecule has 0 aliphatic rings. The summed E-state index contributed by atoms with van der Waals surface area (Å²) in [6.07, 6.45) is -7.72. The van der Waals surface area contributed by atoms with Crippen LogP contribution in [0, 0.1) is 0 Å². The first kappa shape index (κ1) is 25.4. The zero-order valence-electron chi connectivity index (χ0n) is 15.9. The molecule has 1 aromatic carbocycles. The third kappa shape index (κ3) is 4.92. The van der Waals surface area contributed by atoms with Gasteiger partial charge in [-0.1, -0.05) is 31.5 Å². The van der Waals surface area contributed by atoms with E-state index in [-0.39, 0.29) is 17.9 Å². The Morgan fingerprint density at radius 3 is 1.90 bits per heavy atom. The topological polar surface area (TPSA) is 18.5 Å². The summed E-state index contributed by atoms with van der Waals surface area (Å²) in [5, 5.41) is 0. The van der Waals surface area contributed by atoms with Gasteiger partial charge < -0.3 is 9.47 Å². The van der Waals surface area contributed by atoms with Gasteiger partial charge in [-0.3, -0.25) is 0 Å².